The molecule has 5 nitrogen and oxygen atoms in total. The zero-order chi connectivity index (χ0) is 20.9. The highest BCUT2D eigenvalue weighted by Crippen LogP contribution is 2.23. The van der Waals surface area contributed by atoms with E-state index in [2.05, 4.69) is 19.2 Å². The summed E-state index contributed by atoms with van der Waals surface area (Å²) in [6, 6.07) is 14.1. The van der Waals surface area contributed by atoms with Gasteiger partial charge in [-0.2, -0.15) is 4.31 Å². The molecule has 1 N–H and O–H groups in total. The number of nitrogens with one attached hydrogen (secondary N) is 1. The summed E-state index contributed by atoms with van der Waals surface area (Å²) >= 11 is 0. The molecule has 0 aromatic heterocycles. The first-order chi connectivity index (χ1) is 13.9. The minimum atomic E-state index is -3.58. The first kappa shape index (κ1) is 21.5. The summed E-state index contributed by atoms with van der Waals surface area (Å²) in [7, 11) is -3.58. The van der Waals surface area contributed by atoms with Crippen LogP contribution < -0.4 is 5.32 Å². The molecule has 29 heavy (non-hydrogen) atoms. The predicted octanol–water partition coefficient (Wildman–Crippen LogP) is 5.02. The second-order valence-electron chi connectivity index (χ2n) is 7.73. The minimum Gasteiger partial charge on any atom is -0.322 e. The highest BCUT2D eigenvalue weighted by Gasteiger charge is 2.25. The monoisotopic (exact) mass is 414 g/mol. The number of carbonyl (C=O) groups is 1. The Morgan fingerprint density at radius 1 is 1.03 bits per heavy atom. The summed E-state index contributed by atoms with van der Waals surface area (Å²) in [5, 5.41) is 2.86. The quantitative estimate of drug-likeness (QED) is 0.722. The summed E-state index contributed by atoms with van der Waals surface area (Å²) in [6.45, 7) is 5.40. The molecular formula is C23H30N2O3S. The predicted molar refractivity (Wildman–Crippen MR) is 117 cm³/mol. The van der Waals surface area contributed by atoms with E-state index in [0.29, 0.717) is 30.3 Å². The summed E-state index contributed by atoms with van der Waals surface area (Å²) in [5.41, 5.74) is 2.27. The van der Waals surface area contributed by atoms with Gasteiger partial charge >= 0.3 is 0 Å². The van der Waals surface area contributed by atoms with Crippen LogP contribution in [0.15, 0.2) is 53.4 Å². The number of nitrogens with zero attached hydrogens (tertiary/aromatic N) is 1. The van der Waals surface area contributed by atoms with Crippen molar-refractivity contribution in [2.45, 2.75) is 56.8 Å². The Hall–Kier alpha value is -2.18. The Labute approximate surface area is 174 Å². The number of amides is 1. The van der Waals surface area contributed by atoms with Crippen molar-refractivity contribution in [2.24, 2.45) is 0 Å². The standard InChI is InChI=1S/C23H30N2O3S/c1-3-18(2)19-11-13-21(14-12-19)24-23(26)20-9-8-10-22(17-20)29(27,28)25-15-6-4-5-7-16-25/h8-14,17-18H,3-7,15-16H2,1-2H3,(H,24,26)/t18-/m1/s1. The van der Waals surface area contributed by atoms with Crippen LogP contribution in [0.2, 0.25) is 0 Å². The lowest BCUT2D eigenvalue weighted by Crippen LogP contribution is -2.32. The van der Waals surface area contributed by atoms with Crippen LogP contribution in [-0.4, -0.2) is 31.7 Å². The Morgan fingerprint density at radius 2 is 1.69 bits per heavy atom. The molecule has 0 aliphatic carbocycles. The topological polar surface area (TPSA) is 66.5 Å². The van der Waals surface area contributed by atoms with Gasteiger partial charge < -0.3 is 5.32 Å². The van der Waals surface area contributed by atoms with Crippen LogP contribution >= 0.6 is 0 Å². The highest BCUT2D eigenvalue weighted by molar-refractivity contribution is 7.89. The van der Waals surface area contributed by atoms with Crippen molar-refractivity contribution in [3.05, 3.63) is 59.7 Å². The van der Waals surface area contributed by atoms with Crippen LogP contribution in [0.3, 0.4) is 0 Å². The van der Waals surface area contributed by atoms with E-state index in [9.17, 15) is 13.2 Å². The van der Waals surface area contributed by atoms with Crippen molar-refractivity contribution in [3.63, 3.8) is 0 Å². The maximum atomic E-state index is 13.0. The molecule has 6 heteroatoms. The average Bonchev–Trinajstić information content (AvgIpc) is 3.04. The SMILES string of the molecule is CC[C@@H](C)c1ccc(NC(=O)c2cccc(S(=O)(=O)N3CCCCCC3)c2)cc1. The van der Waals surface area contributed by atoms with Crippen molar-refractivity contribution in [3.8, 4) is 0 Å². The third-order valence-electron chi connectivity index (χ3n) is 5.65. The Bertz CT molecular complexity index is 931. The number of benzene rings is 2. The van der Waals surface area contributed by atoms with Crippen molar-refractivity contribution >= 4 is 21.6 Å². The van der Waals surface area contributed by atoms with E-state index in [1.165, 1.54) is 11.6 Å². The van der Waals surface area contributed by atoms with Gasteiger partial charge in [0.2, 0.25) is 10.0 Å². The van der Waals surface area contributed by atoms with Crippen molar-refractivity contribution in [2.75, 3.05) is 18.4 Å². The number of sulfonamides is 1. The van der Waals surface area contributed by atoms with E-state index in [0.717, 1.165) is 32.1 Å². The van der Waals surface area contributed by atoms with Gasteiger partial charge in [0, 0.05) is 24.3 Å². The third-order valence-corrected chi connectivity index (χ3v) is 7.54. The molecule has 1 heterocycles. The molecule has 1 aliphatic heterocycles. The second kappa shape index (κ2) is 9.55. The smallest absolute Gasteiger partial charge is 0.255 e. The molecule has 0 radical (unpaired) electrons. The van der Waals surface area contributed by atoms with E-state index in [4.69, 9.17) is 0 Å². The lowest BCUT2D eigenvalue weighted by atomic mass is 9.98. The van der Waals surface area contributed by atoms with Crippen molar-refractivity contribution in [1.29, 1.82) is 0 Å². The zero-order valence-corrected chi connectivity index (χ0v) is 18.0. The molecule has 156 valence electrons. The average molecular weight is 415 g/mol. The summed E-state index contributed by atoms with van der Waals surface area (Å²) in [6.07, 6.45) is 4.94. The van der Waals surface area contributed by atoms with Crippen LogP contribution in [0, 0.1) is 0 Å². The van der Waals surface area contributed by atoms with Crippen LogP contribution in [0.5, 0.6) is 0 Å². The number of anilines is 1. The minimum absolute atomic E-state index is 0.180. The third kappa shape index (κ3) is 5.25. The second-order valence-corrected chi connectivity index (χ2v) is 9.67. The number of rotatable bonds is 6. The molecule has 1 atom stereocenters. The Morgan fingerprint density at radius 3 is 2.31 bits per heavy atom. The summed E-state index contributed by atoms with van der Waals surface area (Å²) < 4.78 is 27.5. The molecule has 2 aromatic carbocycles. The Balaban J connectivity index is 1.75. The van der Waals surface area contributed by atoms with Gasteiger partial charge in [-0.15, -0.1) is 0 Å². The molecule has 0 spiro atoms. The fourth-order valence-corrected chi connectivity index (χ4v) is 5.13. The molecular weight excluding hydrogens is 384 g/mol. The molecule has 0 unspecified atom stereocenters. The molecule has 1 amide bonds. The van der Waals surface area contributed by atoms with Gasteiger partial charge in [0.05, 0.1) is 4.90 Å². The van der Waals surface area contributed by atoms with E-state index in [-0.39, 0.29) is 10.8 Å². The van der Waals surface area contributed by atoms with Gasteiger partial charge in [-0.1, -0.05) is 44.9 Å². The van der Waals surface area contributed by atoms with Crippen molar-refractivity contribution in [1.82, 2.24) is 4.31 Å². The van der Waals surface area contributed by atoms with Gasteiger partial charge in [0.1, 0.15) is 0 Å². The normalized spacial score (nSPS) is 16.8. The Kier molecular flexibility index (Phi) is 7.09. The largest absolute Gasteiger partial charge is 0.322 e. The van der Waals surface area contributed by atoms with Crippen molar-refractivity contribution < 1.29 is 13.2 Å². The maximum Gasteiger partial charge on any atom is 0.255 e. The van der Waals surface area contributed by atoms with E-state index >= 15 is 0 Å². The summed E-state index contributed by atoms with van der Waals surface area (Å²) in [5.74, 6) is 0.162. The number of hydrogen-bond donors (Lipinski definition) is 1. The highest BCUT2D eigenvalue weighted by atomic mass is 32.2. The molecule has 2 aromatic rings. The van der Waals surface area contributed by atoms with Gasteiger partial charge in [-0.25, -0.2) is 8.42 Å². The van der Waals surface area contributed by atoms with Crippen LogP contribution in [0.4, 0.5) is 5.69 Å². The number of hydrogen-bond acceptors (Lipinski definition) is 3. The van der Waals surface area contributed by atoms with Gasteiger partial charge in [0.15, 0.2) is 0 Å². The lowest BCUT2D eigenvalue weighted by molar-refractivity contribution is 0.102. The van der Waals surface area contributed by atoms with Gasteiger partial charge in [-0.05, 0) is 61.1 Å². The molecule has 1 fully saturated rings. The van der Waals surface area contributed by atoms with E-state index < -0.39 is 10.0 Å². The first-order valence-electron chi connectivity index (χ1n) is 10.4. The maximum absolute atomic E-state index is 13.0. The molecule has 1 aliphatic rings. The fourth-order valence-electron chi connectivity index (χ4n) is 3.56. The molecule has 0 bridgehead atoms. The van der Waals surface area contributed by atoms with E-state index in [1.807, 2.05) is 24.3 Å². The van der Waals surface area contributed by atoms with Gasteiger partial charge in [-0.3, -0.25) is 4.79 Å². The van der Waals surface area contributed by atoms with Crippen LogP contribution in [0.1, 0.15) is 67.8 Å². The lowest BCUT2D eigenvalue weighted by Gasteiger charge is -2.20. The van der Waals surface area contributed by atoms with Crippen LogP contribution in [0.25, 0.3) is 0 Å². The van der Waals surface area contributed by atoms with E-state index in [1.54, 1.807) is 22.5 Å². The van der Waals surface area contributed by atoms with Crippen LogP contribution in [-0.2, 0) is 10.0 Å². The fraction of sp³-hybridized carbons (Fsp3) is 0.435. The zero-order valence-electron chi connectivity index (χ0n) is 17.2. The molecule has 0 saturated carbocycles. The summed E-state index contributed by atoms with van der Waals surface area (Å²) in [4.78, 5) is 12.9. The molecule has 1 saturated heterocycles. The van der Waals surface area contributed by atoms with Gasteiger partial charge in [0.25, 0.3) is 5.91 Å². The molecule has 3 rings (SSSR count). The number of carbonyl (C=O) groups excluding carboxylic acids is 1. The first-order valence-corrected chi connectivity index (χ1v) is 11.9.